The highest BCUT2D eigenvalue weighted by Gasteiger charge is 2.47. The Hall–Kier alpha value is -0.570. The van der Waals surface area contributed by atoms with Gasteiger partial charge in [0, 0.05) is 6.61 Å². The van der Waals surface area contributed by atoms with Gasteiger partial charge in [0.15, 0.2) is 0 Å². The van der Waals surface area contributed by atoms with Gasteiger partial charge >= 0.3 is 5.97 Å². The smallest absolute Gasteiger partial charge is 0.312 e. The fourth-order valence-corrected chi connectivity index (χ4v) is 3.29. The monoisotopic (exact) mass is 226 g/mol. The van der Waals surface area contributed by atoms with Crippen LogP contribution in [0.15, 0.2) is 0 Å². The van der Waals surface area contributed by atoms with Gasteiger partial charge in [-0.3, -0.25) is 4.79 Å². The van der Waals surface area contributed by atoms with Gasteiger partial charge in [-0.05, 0) is 37.5 Å². The second-order valence-corrected chi connectivity index (χ2v) is 5.57. The van der Waals surface area contributed by atoms with Gasteiger partial charge < -0.3 is 9.84 Å². The van der Waals surface area contributed by atoms with Gasteiger partial charge in [-0.2, -0.15) is 0 Å². The molecule has 0 aromatic heterocycles. The van der Waals surface area contributed by atoms with E-state index in [1.54, 1.807) is 0 Å². The Bertz CT molecular complexity index is 248. The maximum absolute atomic E-state index is 11.6. The Labute approximate surface area is 97.2 Å². The lowest BCUT2D eigenvalue weighted by atomic mass is 9.65. The molecule has 0 radical (unpaired) electrons. The molecule has 1 saturated carbocycles. The van der Waals surface area contributed by atoms with Crippen LogP contribution in [0.2, 0.25) is 0 Å². The van der Waals surface area contributed by atoms with Gasteiger partial charge in [0.05, 0.1) is 12.0 Å². The molecule has 2 fully saturated rings. The van der Waals surface area contributed by atoms with Gasteiger partial charge in [-0.25, -0.2) is 0 Å². The topological polar surface area (TPSA) is 46.5 Å². The van der Waals surface area contributed by atoms with Crippen LogP contribution in [-0.2, 0) is 9.53 Å². The van der Waals surface area contributed by atoms with E-state index in [2.05, 4.69) is 6.92 Å². The van der Waals surface area contributed by atoms with Crippen LogP contribution in [0.5, 0.6) is 0 Å². The molecule has 0 aromatic rings. The Kier molecular flexibility index (Phi) is 3.53. The number of ether oxygens (including phenoxy) is 1. The number of hydrogen-bond donors (Lipinski definition) is 1. The molecule has 0 amide bonds. The Morgan fingerprint density at radius 1 is 1.31 bits per heavy atom. The van der Waals surface area contributed by atoms with Crippen LogP contribution in [-0.4, -0.2) is 24.3 Å². The van der Waals surface area contributed by atoms with E-state index in [-0.39, 0.29) is 0 Å². The number of carbonyl (C=O) groups is 1. The minimum absolute atomic E-state index is 0.335. The number of rotatable bonds is 2. The van der Waals surface area contributed by atoms with Gasteiger partial charge in [0.1, 0.15) is 0 Å². The van der Waals surface area contributed by atoms with E-state index >= 15 is 0 Å². The third kappa shape index (κ3) is 2.10. The standard InChI is InChI=1S/C13H22O3/c1-10-3-5-11(6-4-10)13(12(14)15)7-2-8-16-9-13/h10-11H,2-9H2,1H3,(H,14,15). The maximum Gasteiger partial charge on any atom is 0.312 e. The summed E-state index contributed by atoms with van der Waals surface area (Å²) in [5.41, 5.74) is -0.571. The zero-order valence-corrected chi connectivity index (χ0v) is 10.1. The molecule has 0 bridgehead atoms. The average molecular weight is 226 g/mol. The van der Waals surface area contributed by atoms with Gasteiger partial charge in [0.2, 0.25) is 0 Å². The molecule has 16 heavy (non-hydrogen) atoms. The van der Waals surface area contributed by atoms with Crippen molar-refractivity contribution < 1.29 is 14.6 Å². The summed E-state index contributed by atoms with van der Waals surface area (Å²) in [5, 5.41) is 9.53. The zero-order chi connectivity index (χ0) is 11.6. The Morgan fingerprint density at radius 3 is 2.50 bits per heavy atom. The highest BCUT2D eigenvalue weighted by atomic mass is 16.5. The third-order valence-corrected chi connectivity index (χ3v) is 4.49. The molecule has 2 aliphatic rings. The summed E-state index contributed by atoms with van der Waals surface area (Å²) >= 11 is 0. The summed E-state index contributed by atoms with van der Waals surface area (Å²) in [7, 11) is 0. The Balaban J connectivity index is 2.09. The number of carboxylic acid groups (broad SMARTS) is 1. The van der Waals surface area contributed by atoms with Crippen molar-refractivity contribution in [3.05, 3.63) is 0 Å². The molecule has 1 heterocycles. The normalized spacial score (nSPS) is 40.6. The molecule has 1 atom stereocenters. The minimum Gasteiger partial charge on any atom is -0.481 e. The van der Waals surface area contributed by atoms with E-state index in [9.17, 15) is 9.90 Å². The third-order valence-electron chi connectivity index (χ3n) is 4.49. The summed E-state index contributed by atoms with van der Waals surface area (Å²) in [6.07, 6.45) is 6.20. The van der Waals surface area contributed by atoms with Gasteiger partial charge in [0.25, 0.3) is 0 Å². The summed E-state index contributed by atoms with van der Waals surface area (Å²) in [6, 6.07) is 0. The minimum atomic E-state index is -0.633. The predicted molar refractivity (Wildman–Crippen MR) is 61.2 cm³/mol. The Morgan fingerprint density at radius 2 is 2.00 bits per heavy atom. The number of hydrogen-bond acceptors (Lipinski definition) is 2. The highest BCUT2D eigenvalue weighted by molar-refractivity contribution is 5.75. The summed E-state index contributed by atoms with van der Waals surface area (Å²) in [5.74, 6) is 0.472. The van der Waals surface area contributed by atoms with Crippen LogP contribution in [0.3, 0.4) is 0 Å². The van der Waals surface area contributed by atoms with E-state index in [0.29, 0.717) is 12.5 Å². The van der Waals surface area contributed by atoms with Crippen molar-refractivity contribution >= 4 is 5.97 Å². The van der Waals surface area contributed by atoms with E-state index < -0.39 is 11.4 Å². The number of aliphatic carboxylic acids is 1. The molecule has 1 aliphatic carbocycles. The summed E-state index contributed by atoms with van der Waals surface area (Å²) in [4.78, 5) is 11.6. The van der Waals surface area contributed by atoms with E-state index in [4.69, 9.17) is 4.74 Å². The lowest BCUT2D eigenvalue weighted by molar-refractivity contribution is -0.165. The van der Waals surface area contributed by atoms with Crippen molar-refractivity contribution in [3.63, 3.8) is 0 Å². The maximum atomic E-state index is 11.6. The largest absolute Gasteiger partial charge is 0.481 e. The van der Waals surface area contributed by atoms with Crippen molar-refractivity contribution in [2.45, 2.75) is 45.4 Å². The average Bonchev–Trinajstić information content (AvgIpc) is 2.30. The molecule has 92 valence electrons. The van der Waals surface area contributed by atoms with Crippen molar-refractivity contribution in [3.8, 4) is 0 Å². The zero-order valence-electron chi connectivity index (χ0n) is 10.1. The molecule has 1 unspecified atom stereocenters. The molecule has 2 rings (SSSR count). The molecule has 0 spiro atoms. The molecule has 1 N–H and O–H groups in total. The van der Waals surface area contributed by atoms with Crippen LogP contribution in [0.1, 0.15) is 45.4 Å². The molecule has 3 heteroatoms. The van der Waals surface area contributed by atoms with Crippen molar-refractivity contribution in [1.29, 1.82) is 0 Å². The van der Waals surface area contributed by atoms with Crippen LogP contribution in [0.25, 0.3) is 0 Å². The van der Waals surface area contributed by atoms with Crippen LogP contribution < -0.4 is 0 Å². The van der Waals surface area contributed by atoms with Crippen LogP contribution in [0, 0.1) is 17.3 Å². The molecule has 3 nitrogen and oxygen atoms in total. The highest BCUT2D eigenvalue weighted by Crippen LogP contribution is 2.45. The fraction of sp³-hybridized carbons (Fsp3) is 0.923. The predicted octanol–water partition coefficient (Wildman–Crippen LogP) is 2.69. The van der Waals surface area contributed by atoms with Gasteiger partial charge in [-0.1, -0.05) is 19.8 Å². The lowest BCUT2D eigenvalue weighted by Crippen LogP contribution is -2.46. The fourth-order valence-electron chi connectivity index (χ4n) is 3.29. The number of carboxylic acids is 1. The van der Waals surface area contributed by atoms with E-state index in [1.807, 2.05) is 0 Å². The van der Waals surface area contributed by atoms with Crippen molar-refractivity contribution in [1.82, 2.24) is 0 Å². The van der Waals surface area contributed by atoms with E-state index in [0.717, 1.165) is 38.2 Å². The second kappa shape index (κ2) is 4.74. The molecular weight excluding hydrogens is 204 g/mol. The lowest BCUT2D eigenvalue weighted by Gasteiger charge is -2.42. The molecule has 0 aromatic carbocycles. The van der Waals surface area contributed by atoms with Crippen LogP contribution >= 0.6 is 0 Å². The van der Waals surface area contributed by atoms with Crippen molar-refractivity contribution in [2.75, 3.05) is 13.2 Å². The quantitative estimate of drug-likeness (QED) is 0.787. The second-order valence-electron chi connectivity index (χ2n) is 5.57. The first-order valence-corrected chi connectivity index (χ1v) is 6.46. The SMILES string of the molecule is CC1CCC(C2(C(=O)O)CCCOC2)CC1. The first-order chi connectivity index (χ1) is 7.65. The molecule has 1 aliphatic heterocycles. The first kappa shape index (κ1) is 11.9. The van der Waals surface area contributed by atoms with Gasteiger partial charge in [-0.15, -0.1) is 0 Å². The molecular formula is C13H22O3. The molecule has 1 saturated heterocycles. The summed E-state index contributed by atoms with van der Waals surface area (Å²) in [6.45, 7) is 3.43. The summed E-state index contributed by atoms with van der Waals surface area (Å²) < 4.78 is 5.45. The van der Waals surface area contributed by atoms with Crippen LogP contribution in [0.4, 0.5) is 0 Å². The van der Waals surface area contributed by atoms with E-state index in [1.165, 1.54) is 12.8 Å². The first-order valence-electron chi connectivity index (χ1n) is 6.46. The van der Waals surface area contributed by atoms with Crippen molar-refractivity contribution in [2.24, 2.45) is 17.3 Å².